The van der Waals surface area contributed by atoms with Gasteiger partial charge in [0, 0.05) is 25.7 Å². The predicted molar refractivity (Wildman–Crippen MR) is 122 cm³/mol. The van der Waals surface area contributed by atoms with Gasteiger partial charge in [-0.1, -0.05) is 12.1 Å². The van der Waals surface area contributed by atoms with E-state index in [9.17, 15) is 5.11 Å². The van der Waals surface area contributed by atoms with E-state index in [1.165, 1.54) is 11.1 Å². The summed E-state index contributed by atoms with van der Waals surface area (Å²) in [6, 6.07) is 7.27. The van der Waals surface area contributed by atoms with Crippen molar-refractivity contribution >= 4 is 17.0 Å². The lowest BCUT2D eigenvalue weighted by molar-refractivity contribution is 0.152. The van der Waals surface area contributed by atoms with Gasteiger partial charge in [-0.05, 0) is 55.7 Å². The molecule has 3 atom stereocenters. The predicted octanol–water partition coefficient (Wildman–Crippen LogP) is 2.32. The maximum Gasteiger partial charge on any atom is 0.182 e. The third kappa shape index (κ3) is 3.61. The first-order valence-electron chi connectivity index (χ1n) is 11.8. The van der Waals surface area contributed by atoms with Crippen molar-refractivity contribution in [3.05, 3.63) is 42.0 Å². The van der Waals surface area contributed by atoms with Gasteiger partial charge in [0.2, 0.25) is 0 Å². The van der Waals surface area contributed by atoms with Crippen LogP contribution in [0.25, 0.3) is 11.2 Å². The van der Waals surface area contributed by atoms with E-state index in [2.05, 4.69) is 47.9 Å². The second-order valence-electron chi connectivity index (χ2n) is 9.33. The monoisotopic (exact) mass is 434 g/mol. The van der Waals surface area contributed by atoms with Crippen LogP contribution in [0.3, 0.4) is 0 Å². The summed E-state index contributed by atoms with van der Waals surface area (Å²) in [6.45, 7) is 3.41. The summed E-state index contributed by atoms with van der Waals surface area (Å²) in [5.41, 5.74) is 4.37. The SMILES string of the molecule is OC1CCN(C2CCc3cccc(OCC4CCCN4c4ncnc5nc[nH]c45)c3C2)C1. The molecule has 6 rings (SSSR count). The zero-order chi connectivity index (χ0) is 21.5. The molecule has 0 bridgehead atoms. The highest BCUT2D eigenvalue weighted by Crippen LogP contribution is 2.34. The van der Waals surface area contributed by atoms with E-state index >= 15 is 0 Å². The number of anilines is 1. The van der Waals surface area contributed by atoms with Crippen LogP contribution in [-0.4, -0.2) is 74.4 Å². The van der Waals surface area contributed by atoms with Gasteiger partial charge in [-0.2, -0.15) is 0 Å². The number of aromatic amines is 1. The normalized spacial score (nSPS) is 26.0. The van der Waals surface area contributed by atoms with Gasteiger partial charge >= 0.3 is 0 Å². The van der Waals surface area contributed by atoms with E-state index < -0.39 is 0 Å². The molecule has 3 unspecified atom stereocenters. The molecule has 0 radical (unpaired) electrons. The van der Waals surface area contributed by atoms with Crippen molar-refractivity contribution in [2.45, 2.75) is 56.7 Å². The first-order valence-corrected chi connectivity index (χ1v) is 11.8. The summed E-state index contributed by atoms with van der Waals surface area (Å²) in [7, 11) is 0. The fourth-order valence-corrected chi connectivity index (χ4v) is 5.73. The van der Waals surface area contributed by atoms with Gasteiger partial charge in [0.15, 0.2) is 11.5 Å². The lowest BCUT2D eigenvalue weighted by atomic mass is 9.87. The van der Waals surface area contributed by atoms with Gasteiger partial charge in [-0.25, -0.2) is 15.0 Å². The quantitative estimate of drug-likeness (QED) is 0.637. The van der Waals surface area contributed by atoms with Crippen molar-refractivity contribution in [2.24, 2.45) is 0 Å². The lowest BCUT2D eigenvalue weighted by Gasteiger charge is -2.33. The van der Waals surface area contributed by atoms with Crippen LogP contribution in [-0.2, 0) is 12.8 Å². The summed E-state index contributed by atoms with van der Waals surface area (Å²) < 4.78 is 6.49. The minimum Gasteiger partial charge on any atom is -0.491 e. The van der Waals surface area contributed by atoms with Crippen LogP contribution in [0.15, 0.2) is 30.9 Å². The summed E-state index contributed by atoms with van der Waals surface area (Å²) in [5.74, 6) is 1.94. The Kier molecular flexibility index (Phi) is 5.19. The Bertz CT molecular complexity index is 1100. The number of nitrogens with one attached hydrogen (secondary N) is 1. The molecule has 2 aromatic heterocycles. The number of aromatic nitrogens is 4. The number of aryl methyl sites for hydroxylation is 1. The zero-order valence-electron chi connectivity index (χ0n) is 18.3. The zero-order valence-corrected chi connectivity index (χ0v) is 18.3. The minimum atomic E-state index is -0.167. The van der Waals surface area contributed by atoms with Gasteiger partial charge in [0.05, 0.1) is 18.5 Å². The van der Waals surface area contributed by atoms with Crippen LogP contribution in [0, 0.1) is 0 Å². The van der Waals surface area contributed by atoms with Crippen molar-refractivity contribution in [3.63, 3.8) is 0 Å². The Morgan fingerprint density at radius 1 is 1.12 bits per heavy atom. The standard InChI is InChI=1S/C24H30N6O2/c31-19-8-10-29(12-19)17-7-6-16-3-1-5-21(20(16)11-17)32-13-18-4-2-9-30(18)24-22-23(26-14-25-22)27-15-28-24/h1,3,5,14-15,17-19,31H,2,4,6-13H2,(H,25,26,27,28). The molecule has 0 spiro atoms. The molecule has 2 aliphatic heterocycles. The number of hydrogen-bond acceptors (Lipinski definition) is 7. The molecule has 1 aliphatic carbocycles. The molecule has 1 aromatic carbocycles. The van der Waals surface area contributed by atoms with E-state index in [-0.39, 0.29) is 12.1 Å². The van der Waals surface area contributed by atoms with Crippen LogP contribution < -0.4 is 9.64 Å². The van der Waals surface area contributed by atoms with E-state index in [0.717, 1.165) is 75.2 Å². The molecule has 2 fully saturated rings. The first-order chi connectivity index (χ1) is 15.8. The number of nitrogens with zero attached hydrogens (tertiary/aromatic N) is 5. The topological polar surface area (TPSA) is 90.4 Å². The molecule has 0 saturated carbocycles. The number of aliphatic hydroxyl groups is 1. The molecule has 3 aliphatic rings. The van der Waals surface area contributed by atoms with Crippen LogP contribution in [0.4, 0.5) is 5.82 Å². The highest BCUT2D eigenvalue weighted by atomic mass is 16.5. The number of benzene rings is 1. The van der Waals surface area contributed by atoms with Gasteiger partial charge in [0.25, 0.3) is 0 Å². The molecular weight excluding hydrogens is 404 g/mol. The van der Waals surface area contributed by atoms with Gasteiger partial charge in [0.1, 0.15) is 24.2 Å². The number of imidazole rings is 1. The molecule has 8 nitrogen and oxygen atoms in total. The average molecular weight is 435 g/mol. The fourth-order valence-electron chi connectivity index (χ4n) is 5.73. The average Bonchev–Trinajstić information content (AvgIpc) is 3.57. The van der Waals surface area contributed by atoms with E-state index in [1.807, 2.05) is 0 Å². The third-order valence-electron chi connectivity index (χ3n) is 7.41. The minimum absolute atomic E-state index is 0.167. The maximum absolute atomic E-state index is 9.97. The lowest BCUT2D eigenvalue weighted by Crippen LogP contribution is -2.38. The molecule has 2 N–H and O–H groups in total. The second kappa shape index (κ2) is 8.33. The summed E-state index contributed by atoms with van der Waals surface area (Å²) in [5, 5.41) is 9.97. The van der Waals surface area contributed by atoms with Crippen molar-refractivity contribution in [2.75, 3.05) is 31.1 Å². The number of aliphatic hydroxyl groups excluding tert-OH is 1. The van der Waals surface area contributed by atoms with Crippen LogP contribution in [0.2, 0.25) is 0 Å². The van der Waals surface area contributed by atoms with Crippen LogP contribution in [0.1, 0.15) is 36.8 Å². The number of β-amino-alcohol motifs (C(OH)–C–C–N with tert-alkyl or cyclic N) is 1. The number of hydrogen-bond donors (Lipinski definition) is 2. The first kappa shape index (κ1) is 19.9. The largest absolute Gasteiger partial charge is 0.491 e. The summed E-state index contributed by atoms with van der Waals surface area (Å²) in [6.07, 6.45) is 9.46. The smallest absolute Gasteiger partial charge is 0.182 e. The van der Waals surface area contributed by atoms with Gasteiger partial charge in [-0.15, -0.1) is 0 Å². The molecule has 2 saturated heterocycles. The van der Waals surface area contributed by atoms with Crippen molar-refractivity contribution in [3.8, 4) is 5.75 Å². The second-order valence-corrected chi connectivity index (χ2v) is 9.33. The Balaban J connectivity index is 1.19. The fraction of sp³-hybridized carbons (Fsp3) is 0.542. The number of ether oxygens (including phenoxy) is 1. The van der Waals surface area contributed by atoms with Crippen molar-refractivity contribution in [1.82, 2.24) is 24.8 Å². The number of H-pyrrole nitrogens is 1. The molecule has 4 heterocycles. The van der Waals surface area contributed by atoms with Crippen LogP contribution in [0.5, 0.6) is 5.75 Å². The molecule has 0 amide bonds. The molecule has 8 heteroatoms. The Morgan fingerprint density at radius 3 is 3.00 bits per heavy atom. The number of fused-ring (bicyclic) bond motifs is 2. The molecule has 3 aromatic rings. The van der Waals surface area contributed by atoms with E-state index in [0.29, 0.717) is 18.3 Å². The van der Waals surface area contributed by atoms with E-state index in [1.54, 1.807) is 12.7 Å². The van der Waals surface area contributed by atoms with Crippen molar-refractivity contribution < 1.29 is 9.84 Å². The third-order valence-corrected chi connectivity index (χ3v) is 7.41. The highest BCUT2D eigenvalue weighted by molar-refractivity contribution is 5.83. The number of rotatable bonds is 5. The molecular formula is C24H30N6O2. The summed E-state index contributed by atoms with van der Waals surface area (Å²) >= 11 is 0. The summed E-state index contributed by atoms with van der Waals surface area (Å²) in [4.78, 5) is 21.1. The Hall–Kier alpha value is -2.71. The van der Waals surface area contributed by atoms with Crippen molar-refractivity contribution in [1.29, 1.82) is 0 Å². The van der Waals surface area contributed by atoms with Gasteiger partial charge < -0.3 is 19.7 Å². The molecule has 32 heavy (non-hydrogen) atoms. The number of likely N-dealkylation sites (tertiary alicyclic amines) is 1. The Labute approximate surface area is 187 Å². The maximum atomic E-state index is 9.97. The van der Waals surface area contributed by atoms with Crippen LogP contribution >= 0.6 is 0 Å². The highest BCUT2D eigenvalue weighted by Gasteiger charge is 2.32. The Morgan fingerprint density at radius 2 is 2.09 bits per heavy atom. The van der Waals surface area contributed by atoms with E-state index in [4.69, 9.17) is 4.74 Å². The van der Waals surface area contributed by atoms with Gasteiger partial charge in [-0.3, -0.25) is 4.90 Å². The molecule has 168 valence electrons.